The van der Waals surface area contributed by atoms with Gasteiger partial charge in [-0.25, -0.2) is 4.79 Å². The van der Waals surface area contributed by atoms with E-state index in [2.05, 4.69) is 38.5 Å². The van der Waals surface area contributed by atoms with E-state index < -0.39 is 5.97 Å². The summed E-state index contributed by atoms with van der Waals surface area (Å²) in [6.45, 7) is 9.86. The number of fused-ring (bicyclic) bond motifs is 1. The van der Waals surface area contributed by atoms with Gasteiger partial charge in [0.05, 0.1) is 11.1 Å². The molecule has 4 nitrogen and oxygen atoms in total. The number of carboxylic acids is 1. The monoisotopic (exact) mass is 316 g/mol. The molecular weight excluding hydrogens is 288 g/mol. The highest BCUT2D eigenvalue weighted by Gasteiger charge is 2.23. The van der Waals surface area contributed by atoms with Crippen molar-refractivity contribution in [3.63, 3.8) is 0 Å². The van der Waals surface area contributed by atoms with Crippen LogP contribution >= 0.6 is 0 Å². The van der Waals surface area contributed by atoms with E-state index in [1.54, 1.807) is 0 Å². The van der Waals surface area contributed by atoms with Gasteiger partial charge in [-0.15, -0.1) is 0 Å². The van der Waals surface area contributed by atoms with Crippen molar-refractivity contribution in [2.45, 2.75) is 58.9 Å². The molecule has 0 unspecified atom stereocenters. The molecule has 0 bridgehead atoms. The summed E-state index contributed by atoms with van der Waals surface area (Å²) in [6.07, 6.45) is 5.35. The number of nitrogens with zero attached hydrogens (tertiary/aromatic N) is 1. The summed E-state index contributed by atoms with van der Waals surface area (Å²) in [7, 11) is 0. The third-order valence-electron chi connectivity index (χ3n) is 4.28. The average molecular weight is 316 g/mol. The number of hydrogen-bond acceptors (Lipinski definition) is 2. The number of aryl methyl sites for hydroxylation is 1. The Morgan fingerprint density at radius 3 is 2.52 bits per heavy atom. The normalized spacial score (nSPS) is 12.0. The molecule has 4 heteroatoms. The minimum Gasteiger partial charge on any atom is -0.478 e. The smallest absolute Gasteiger partial charge is 0.335 e. The molecule has 23 heavy (non-hydrogen) atoms. The summed E-state index contributed by atoms with van der Waals surface area (Å²) in [5.41, 5.74) is 9.46. The molecule has 1 heterocycles. The summed E-state index contributed by atoms with van der Waals surface area (Å²) >= 11 is 0. The zero-order valence-electron chi connectivity index (χ0n) is 14.6. The number of nitrogens with two attached hydrogens (primary N) is 1. The van der Waals surface area contributed by atoms with Gasteiger partial charge in [0.2, 0.25) is 0 Å². The second kappa shape index (κ2) is 6.75. The standard InChI is InChI=1S/C19H28N2O2/c1-5-6-7-13-12-21(9-8-20)17-15(13)10-14(18(22)23)11-16(17)19(2,3)4/h10-12H,5-9,20H2,1-4H3,(H,22,23). The average Bonchev–Trinajstić information content (AvgIpc) is 2.81. The maximum Gasteiger partial charge on any atom is 0.335 e. The van der Waals surface area contributed by atoms with E-state index in [9.17, 15) is 9.90 Å². The van der Waals surface area contributed by atoms with Crippen LogP contribution < -0.4 is 5.73 Å². The number of carboxylic acid groups (broad SMARTS) is 1. The lowest BCUT2D eigenvalue weighted by Gasteiger charge is -2.22. The van der Waals surface area contributed by atoms with Crippen LogP contribution in [0.5, 0.6) is 0 Å². The Hall–Kier alpha value is -1.81. The molecule has 0 aliphatic rings. The third kappa shape index (κ3) is 3.58. The van der Waals surface area contributed by atoms with Crippen molar-refractivity contribution >= 4 is 16.9 Å². The zero-order chi connectivity index (χ0) is 17.2. The number of carbonyl (C=O) groups is 1. The van der Waals surface area contributed by atoms with Crippen molar-refractivity contribution in [1.82, 2.24) is 4.57 Å². The maximum atomic E-state index is 11.6. The van der Waals surface area contributed by atoms with Crippen molar-refractivity contribution < 1.29 is 9.90 Å². The van der Waals surface area contributed by atoms with Gasteiger partial charge in [-0.05, 0) is 41.5 Å². The van der Waals surface area contributed by atoms with Crippen LogP contribution in [0.15, 0.2) is 18.3 Å². The molecule has 0 spiro atoms. The van der Waals surface area contributed by atoms with Gasteiger partial charge in [-0.1, -0.05) is 34.1 Å². The molecule has 0 radical (unpaired) electrons. The molecule has 1 aromatic heterocycles. The van der Waals surface area contributed by atoms with Crippen molar-refractivity contribution in [1.29, 1.82) is 0 Å². The van der Waals surface area contributed by atoms with Gasteiger partial charge in [0.25, 0.3) is 0 Å². The van der Waals surface area contributed by atoms with Crippen molar-refractivity contribution in [3.05, 3.63) is 35.0 Å². The minimum atomic E-state index is -0.870. The van der Waals surface area contributed by atoms with Crippen molar-refractivity contribution in [2.24, 2.45) is 5.73 Å². The van der Waals surface area contributed by atoms with E-state index in [4.69, 9.17) is 5.73 Å². The first-order valence-electron chi connectivity index (χ1n) is 8.39. The molecule has 2 aromatic rings. The highest BCUT2D eigenvalue weighted by atomic mass is 16.4. The predicted octanol–water partition coefficient (Wildman–Crippen LogP) is 3.94. The Kier molecular flexibility index (Phi) is 5.15. The molecular formula is C19H28N2O2. The van der Waals surface area contributed by atoms with E-state index in [0.717, 1.165) is 42.3 Å². The Morgan fingerprint density at radius 2 is 2.00 bits per heavy atom. The van der Waals surface area contributed by atoms with Gasteiger partial charge in [0.15, 0.2) is 0 Å². The Morgan fingerprint density at radius 1 is 1.30 bits per heavy atom. The minimum absolute atomic E-state index is 0.129. The predicted molar refractivity (Wildman–Crippen MR) is 95.3 cm³/mol. The number of aromatic carboxylic acids is 1. The van der Waals surface area contributed by atoms with E-state index in [1.807, 2.05) is 12.1 Å². The molecule has 0 saturated heterocycles. The van der Waals surface area contributed by atoms with E-state index in [0.29, 0.717) is 12.1 Å². The van der Waals surface area contributed by atoms with Crippen molar-refractivity contribution in [2.75, 3.05) is 6.54 Å². The largest absolute Gasteiger partial charge is 0.478 e. The first-order valence-corrected chi connectivity index (χ1v) is 8.39. The second-order valence-corrected chi connectivity index (χ2v) is 7.22. The topological polar surface area (TPSA) is 68.2 Å². The Balaban J connectivity index is 2.79. The Labute approximate surface area is 138 Å². The van der Waals surface area contributed by atoms with E-state index >= 15 is 0 Å². The summed E-state index contributed by atoms with van der Waals surface area (Å²) < 4.78 is 2.20. The van der Waals surface area contributed by atoms with Crippen LogP contribution in [-0.2, 0) is 18.4 Å². The molecule has 2 rings (SSSR count). The number of rotatable bonds is 6. The summed E-state index contributed by atoms with van der Waals surface area (Å²) in [6, 6.07) is 3.65. The van der Waals surface area contributed by atoms with Gasteiger partial charge in [0, 0.05) is 24.7 Å². The number of hydrogen-bond donors (Lipinski definition) is 2. The van der Waals surface area contributed by atoms with Crippen LogP contribution in [0.2, 0.25) is 0 Å². The molecule has 0 amide bonds. The SMILES string of the molecule is CCCCc1cn(CCN)c2c(C(C)(C)C)cc(C(=O)O)cc12. The van der Waals surface area contributed by atoms with Gasteiger partial charge in [0.1, 0.15) is 0 Å². The van der Waals surface area contributed by atoms with Crippen LogP contribution in [0.3, 0.4) is 0 Å². The zero-order valence-corrected chi connectivity index (χ0v) is 14.6. The van der Waals surface area contributed by atoms with Gasteiger partial charge in [-0.2, -0.15) is 0 Å². The molecule has 126 valence electrons. The van der Waals surface area contributed by atoms with Gasteiger partial charge >= 0.3 is 5.97 Å². The molecule has 1 aromatic carbocycles. The molecule has 0 atom stereocenters. The maximum absolute atomic E-state index is 11.6. The third-order valence-corrected chi connectivity index (χ3v) is 4.28. The fraction of sp³-hybridized carbons (Fsp3) is 0.526. The molecule has 0 saturated carbocycles. The van der Waals surface area contributed by atoms with Crippen LogP contribution in [-0.4, -0.2) is 22.2 Å². The molecule has 0 aliphatic heterocycles. The lowest BCUT2D eigenvalue weighted by molar-refractivity contribution is 0.0697. The van der Waals surface area contributed by atoms with Gasteiger partial charge in [-0.3, -0.25) is 0 Å². The number of unbranched alkanes of at least 4 members (excludes halogenated alkanes) is 1. The van der Waals surface area contributed by atoms with E-state index in [-0.39, 0.29) is 5.41 Å². The quantitative estimate of drug-likeness (QED) is 0.848. The van der Waals surface area contributed by atoms with Crippen molar-refractivity contribution in [3.8, 4) is 0 Å². The summed E-state index contributed by atoms with van der Waals surface area (Å²) in [5, 5.41) is 10.6. The fourth-order valence-electron chi connectivity index (χ4n) is 3.09. The summed E-state index contributed by atoms with van der Waals surface area (Å²) in [5.74, 6) is -0.870. The van der Waals surface area contributed by atoms with Crippen LogP contribution in [0, 0.1) is 0 Å². The second-order valence-electron chi connectivity index (χ2n) is 7.22. The van der Waals surface area contributed by atoms with Gasteiger partial charge < -0.3 is 15.4 Å². The molecule has 0 fully saturated rings. The Bertz CT molecular complexity index is 708. The highest BCUT2D eigenvalue weighted by molar-refractivity contribution is 5.97. The lowest BCUT2D eigenvalue weighted by atomic mass is 9.84. The molecule has 3 N–H and O–H groups in total. The van der Waals surface area contributed by atoms with Crippen LogP contribution in [0.1, 0.15) is 62.0 Å². The number of aromatic nitrogens is 1. The highest BCUT2D eigenvalue weighted by Crippen LogP contribution is 2.34. The first-order chi connectivity index (χ1) is 10.8. The van der Waals surface area contributed by atoms with Crippen LogP contribution in [0.4, 0.5) is 0 Å². The van der Waals surface area contributed by atoms with E-state index in [1.165, 1.54) is 5.56 Å². The van der Waals surface area contributed by atoms with Crippen LogP contribution in [0.25, 0.3) is 10.9 Å². The summed E-state index contributed by atoms with van der Waals surface area (Å²) in [4.78, 5) is 11.6. The number of benzene rings is 1. The first kappa shape index (κ1) is 17.5. The lowest BCUT2D eigenvalue weighted by Crippen LogP contribution is -2.16. The molecule has 0 aliphatic carbocycles. The fourth-order valence-corrected chi connectivity index (χ4v) is 3.09.